The number of aryl methyl sites for hydroxylation is 1. The summed E-state index contributed by atoms with van der Waals surface area (Å²) < 4.78 is 0.974. The maximum Gasteiger partial charge on any atom is 0.228 e. The van der Waals surface area contributed by atoms with Crippen LogP contribution in [0.1, 0.15) is 39.2 Å². The molecule has 1 aromatic carbocycles. The lowest BCUT2D eigenvalue weighted by Gasteiger charge is -2.46. The van der Waals surface area contributed by atoms with E-state index in [1.807, 2.05) is 25.1 Å². The first-order valence-electron chi connectivity index (χ1n) is 7.56. The van der Waals surface area contributed by atoms with Gasteiger partial charge in [-0.1, -0.05) is 42.8 Å². The SMILES string of the molecule is Cc1ccc(Br)cc1NC(=O)C1CCC(N)C(C)C1(C)C. The summed E-state index contributed by atoms with van der Waals surface area (Å²) in [6.45, 7) is 8.49. The highest BCUT2D eigenvalue weighted by Gasteiger charge is 2.45. The fraction of sp³-hybridized carbons (Fsp3) is 0.588. The van der Waals surface area contributed by atoms with Crippen molar-refractivity contribution in [2.24, 2.45) is 23.0 Å². The number of carbonyl (C=O) groups is 1. The predicted molar refractivity (Wildman–Crippen MR) is 91.2 cm³/mol. The molecule has 1 saturated carbocycles. The summed E-state index contributed by atoms with van der Waals surface area (Å²) in [4.78, 5) is 12.7. The molecule has 0 radical (unpaired) electrons. The van der Waals surface area contributed by atoms with Crippen molar-refractivity contribution >= 4 is 27.5 Å². The van der Waals surface area contributed by atoms with Crippen molar-refractivity contribution in [2.45, 2.75) is 46.6 Å². The monoisotopic (exact) mass is 352 g/mol. The Morgan fingerprint density at radius 1 is 1.38 bits per heavy atom. The molecule has 1 fully saturated rings. The van der Waals surface area contributed by atoms with Crippen molar-refractivity contribution in [2.75, 3.05) is 5.32 Å². The number of hydrogen-bond donors (Lipinski definition) is 2. The minimum Gasteiger partial charge on any atom is -0.327 e. The Balaban J connectivity index is 2.18. The van der Waals surface area contributed by atoms with Crippen molar-refractivity contribution in [1.29, 1.82) is 0 Å². The number of hydrogen-bond acceptors (Lipinski definition) is 2. The van der Waals surface area contributed by atoms with Gasteiger partial charge in [-0.3, -0.25) is 4.79 Å². The average molecular weight is 353 g/mol. The molecule has 1 aliphatic carbocycles. The molecule has 116 valence electrons. The van der Waals surface area contributed by atoms with Crippen LogP contribution in [0.25, 0.3) is 0 Å². The number of carbonyl (C=O) groups excluding carboxylic acids is 1. The summed E-state index contributed by atoms with van der Waals surface area (Å²) in [7, 11) is 0. The van der Waals surface area contributed by atoms with Gasteiger partial charge < -0.3 is 11.1 Å². The van der Waals surface area contributed by atoms with Crippen molar-refractivity contribution in [3.63, 3.8) is 0 Å². The van der Waals surface area contributed by atoms with E-state index in [0.717, 1.165) is 28.6 Å². The van der Waals surface area contributed by atoms with Crippen molar-refractivity contribution < 1.29 is 4.79 Å². The van der Waals surface area contributed by atoms with Crippen LogP contribution in [0, 0.1) is 24.2 Å². The van der Waals surface area contributed by atoms with E-state index in [0.29, 0.717) is 5.92 Å². The first kappa shape index (κ1) is 16.5. The minimum atomic E-state index is -0.0817. The third-order valence-corrected chi connectivity index (χ3v) is 5.77. The molecule has 0 aliphatic heterocycles. The van der Waals surface area contributed by atoms with Crippen molar-refractivity contribution in [1.82, 2.24) is 0 Å². The molecule has 1 aromatic rings. The molecular weight excluding hydrogens is 328 g/mol. The largest absolute Gasteiger partial charge is 0.327 e. The van der Waals surface area contributed by atoms with Gasteiger partial charge >= 0.3 is 0 Å². The molecule has 1 amide bonds. The van der Waals surface area contributed by atoms with Crippen LogP contribution < -0.4 is 11.1 Å². The third kappa shape index (κ3) is 3.32. The molecule has 3 unspecified atom stereocenters. The zero-order valence-corrected chi connectivity index (χ0v) is 14.8. The second-order valence-corrected chi connectivity index (χ2v) is 7.77. The number of nitrogens with two attached hydrogens (primary N) is 1. The third-order valence-electron chi connectivity index (χ3n) is 5.28. The van der Waals surface area contributed by atoms with E-state index in [4.69, 9.17) is 5.73 Å². The second-order valence-electron chi connectivity index (χ2n) is 6.85. The number of rotatable bonds is 2. The van der Waals surface area contributed by atoms with Crippen LogP contribution in [0.3, 0.4) is 0 Å². The van der Waals surface area contributed by atoms with Crippen LogP contribution in [-0.4, -0.2) is 11.9 Å². The Hall–Kier alpha value is -0.870. The Morgan fingerprint density at radius 3 is 2.71 bits per heavy atom. The topological polar surface area (TPSA) is 55.1 Å². The molecule has 0 aromatic heterocycles. The molecule has 3 nitrogen and oxygen atoms in total. The lowest BCUT2D eigenvalue weighted by Crippen LogP contribution is -2.50. The average Bonchev–Trinajstić information content (AvgIpc) is 2.40. The van der Waals surface area contributed by atoms with Gasteiger partial charge in [-0.25, -0.2) is 0 Å². The zero-order valence-electron chi connectivity index (χ0n) is 13.2. The summed E-state index contributed by atoms with van der Waals surface area (Å²) >= 11 is 3.45. The van der Waals surface area contributed by atoms with E-state index in [1.54, 1.807) is 0 Å². The molecule has 3 N–H and O–H groups in total. The first-order valence-corrected chi connectivity index (χ1v) is 8.35. The van der Waals surface area contributed by atoms with Gasteiger partial charge in [-0.2, -0.15) is 0 Å². The summed E-state index contributed by atoms with van der Waals surface area (Å²) in [6, 6.07) is 6.13. The van der Waals surface area contributed by atoms with Crippen LogP contribution in [0.5, 0.6) is 0 Å². The lowest BCUT2D eigenvalue weighted by atomic mass is 9.61. The van der Waals surface area contributed by atoms with Crippen LogP contribution in [-0.2, 0) is 4.79 Å². The highest BCUT2D eigenvalue weighted by Crippen LogP contribution is 2.44. The zero-order chi connectivity index (χ0) is 15.8. The molecule has 2 rings (SSSR count). The minimum absolute atomic E-state index is 0.00526. The molecule has 1 aliphatic rings. The van der Waals surface area contributed by atoms with Gasteiger partial charge in [0.1, 0.15) is 0 Å². The summed E-state index contributed by atoms with van der Waals surface area (Å²) in [5.41, 5.74) is 8.05. The normalized spacial score (nSPS) is 28.2. The van der Waals surface area contributed by atoms with Gasteiger partial charge in [0.05, 0.1) is 0 Å². The molecule has 0 spiro atoms. The second kappa shape index (κ2) is 6.09. The van der Waals surface area contributed by atoms with Gasteiger partial charge in [-0.15, -0.1) is 0 Å². The highest BCUT2D eigenvalue weighted by molar-refractivity contribution is 9.10. The molecule has 3 atom stereocenters. The lowest BCUT2D eigenvalue weighted by molar-refractivity contribution is -0.127. The molecule has 21 heavy (non-hydrogen) atoms. The highest BCUT2D eigenvalue weighted by atomic mass is 79.9. The van der Waals surface area contributed by atoms with E-state index < -0.39 is 0 Å². The maximum absolute atomic E-state index is 12.7. The molecule has 0 bridgehead atoms. The van der Waals surface area contributed by atoms with Crippen molar-refractivity contribution in [3.05, 3.63) is 28.2 Å². The fourth-order valence-corrected chi connectivity index (χ4v) is 3.63. The fourth-order valence-electron chi connectivity index (χ4n) is 3.27. The summed E-state index contributed by atoms with van der Waals surface area (Å²) in [5.74, 6) is 0.455. The first-order chi connectivity index (χ1) is 9.73. The molecule has 0 saturated heterocycles. The number of halogens is 1. The van der Waals surface area contributed by atoms with Crippen molar-refractivity contribution in [3.8, 4) is 0 Å². The van der Waals surface area contributed by atoms with Gasteiger partial charge in [0.2, 0.25) is 5.91 Å². The van der Waals surface area contributed by atoms with E-state index >= 15 is 0 Å². The smallest absolute Gasteiger partial charge is 0.228 e. The van der Waals surface area contributed by atoms with Gasteiger partial charge in [0.25, 0.3) is 0 Å². The number of amides is 1. The van der Waals surface area contributed by atoms with E-state index in [2.05, 4.69) is 42.0 Å². The Bertz CT molecular complexity index is 542. The molecular formula is C17H25BrN2O. The summed E-state index contributed by atoms with van der Waals surface area (Å²) in [6.07, 6.45) is 1.78. The predicted octanol–water partition coefficient (Wildman–Crippen LogP) is 4.10. The van der Waals surface area contributed by atoms with Crippen LogP contribution >= 0.6 is 15.9 Å². The van der Waals surface area contributed by atoms with Gasteiger partial charge in [0, 0.05) is 22.1 Å². The van der Waals surface area contributed by atoms with Crippen LogP contribution in [0.2, 0.25) is 0 Å². The van der Waals surface area contributed by atoms with Crippen LogP contribution in [0.4, 0.5) is 5.69 Å². The Labute approximate surface area is 135 Å². The van der Waals surface area contributed by atoms with E-state index in [1.165, 1.54) is 0 Å². The molecule has 0 heterocycles. The van der Waals surface area contributed by atoms with Gasteiger partial charge in [0.15, 0.2) is 0 Å². The Kier molecular flexibility index (Phi) is 4.79. The standard InChI is InChI=1S/C17H25BrN2O/c1-10-5-6-12(18)9-15(10)20-16(21)13-7-8-14(19)11(2)17(13,3)4/h5-6,9,11,13-14H,7-8,19H2,1-4H3,(H,20,21). The van der Waals surface area contributed by atoms with E-state index in [-0.39, 0.29) is 23.3 Å². The Morgan fingerprint density at radius 2 is 2.05 bits per heavy atom. The summed E-state index contributed by atoms with van der Waals surface area (Å²) in [5, 5.41) is 3.10. The number of anilines is 1. The number of nitrogens with one attached hydrogen (secondary N) is 1. The molecule has 4 heteroatoms. The number of benzene rings is 1. The maximum atomic E-state index is 12.7. The van der Waals surface area contributed by atoms with E-state index in [9.17, 15) is 4.79 Å². The van der Waals surface area contributed by atoms with Crippen LogP contribution in [0.15, 0.2) is 22.7 Å². The van der Waals surface area contributed by atoms with Gasteiger partial charge in [-0.05, 0) is 48.8 Å². The quantitative estimate of drug-likeness (QED) is 0.841.